The molecule has 0 aliphatic rings. The van der Waals surface area contributed by atoms with Gasteiger partial charge in [-0.2, -0.15) is 0 Å². The molecule has 0 radical (unpaired) electrons. The molecule has 1 amide bonds. The zero-order valence-electron chi connectivity index (χ0n) is 10.0. The normalized spacial score (nSPS) is 16.9. The molecule has 0 aromatic rings. The number of carbonyl (C=O) groups is 1. The Hall–Kier alpha value is -0.420. The second-order valence-corrected chi connectivity index (χ2v) is 5.70. The summed E-state index contributed by atoms with van der Waals surface area (Å²) in [6.45, 7) is 9.03. The summed E-state index contributed by atoms with van der Waals surface area (Å²) in [4.78, 5) is 13.6. The minimum atomic E-state index is -1.18. The van der Waals surface area contributed by atoms with E-state index >= 15 is 0 Å². The molecule has 0 bridgehead atoms. The van der Waals surface area contributed by atoms with E-state index in [9.17, 15) is 9.00 Å². The molecule has 0 rings (SSSR count). The van der Waals surface area contributed by atoms with Crippen molar-refractivity contribution in [2.24, 2.45) is 5.73 Å². The fraction of sp³-hybridized carbons (Fsp3) is 0.900. The van der Waals surface area contributed by atoms with Crippen LogP contribution in [0.1, 0.15) is 27.7 Å². The Bertz CT molecular complexity index is 229. The second kappa shape index (κ2) is 6.95. The van der Waals surface area contributed by atoms with Gasteiger partial charge in [-0.3, -0.25) is 9.00 Å². The van der Waals surface area contributed by atoms with Crippen molar-refractivity contribution in [3.63, 3.8) is 0 Å². The van der Waals surface area contributed by atoms with E-state index in [0.29, 0.717) is 19.6 Å². The van der Waals surface area contributed by atoms with Crippen LogP contribution in [-0.4, -0.2) is 45.2 Å². The molecule has 15 heavy (non-hydrogen) atoms. The van der Waals surface area contributed by atoms with Crippen molar-refractivity contribution in [2.75, 3.05) is 19.6 Å². The number of carbonyl (C=O) groups excluding carboxylic acids is 1. The summed E-state index contributed by atoms with van der Waals surface area (Å²) in [6, 6.07) is 0. The summed E-state index contributed by atoms with van der Waals surface area (Å²) in [5, 5.41) is -0.581. The van der Waals surface area contributed by atoms with E-state index in [0.717, 1.165) is 0 Å². The second-order valence-electron chi connectivity index (χ2n) is 3.53. The molecule has 0 spiro atoms. The molecule has 0 fully saturated rings. The van der Waals surface area contributed by atoms with Crippen LogP contribution in [0.25, 0.3) is 0 Å². The maximum atomic E-state index is 11.9. The zero-order valence-corrected chi connectivity index (χ0v) is 10.8. The van der Waals surface area contributed by atoms with Gasteiger partial charge in [0.25, 0.3) is 0 Å². The van der Waals surface area contributed by atoms with E-state index in [1.54, 1.807) is 11.8 Å². The van der Waals surface area contributed by atoms with Crippen LogP contribution < -0.4 is 5.73 Å². The molecule has 90 valence electrons. The van der Waals surface area contributed by atoms with Gasteiger partial charge in [-0.15, -0.1) is 0 Å². The SMILES string of the molecule is CCN(CC)C(=O)C(C)S(=O)C(C)CN. The number of amides is 1. The van der Waals surface area contributed by atoms with Gasteiger partial charge in [0.2, 0.25) is 5.91 Å². The molecular weight excluding hydrogens is 212 g/mol. The lowest BCUT2D eigenvalue weighted by molar-refractivity contribution is -0.130. The van der Waals surface area contributed by atoms with E-state index in [4.69, 9.17) is 5.73 Å². The van der Waals surface area contributed by atoms with Crippen LogP contribution in [0.15, 0.2) is 0 Å². The van der Waals surface area contributed by atoms with Gasteiger partial charge in [0.05, 0.1) is 0 Å². The minimum absolute atomic E-state index is 0.0429. The smallest absolute Gasteiger partial charge is 0.238 e. The fourth-order valence-corrected chi connectivity index (χ4v) is 2.57. The van der Waals surface area contributed by atoms with Crippen molar-refractivity contribution in [1.82, 2.24) is 4.90 Å². The predicted molar refractivity (Wildman–Crippen MR) is 64.0 cm³/mol. The van der Waals surface area contributed by atoms with Crippen LogP contribution in [0.5, 0.6) is 0 Å². The van der Waals surface area contributed by atoms with Gasteiger partial charge in [-0.05, 0) is 27.7 Å². The summed E-state index contributed by atoms with van der Waals surface area (Å²) in [6.07, 6.45) is 0. The molecule has 3 unspecified atom stereocenters. The summed E-state index contributed by atoms with van der Waals surface area (Å²) in [5.41, 5.74) is 5.43. The molecule has 0 aromatic carbocycles. The Labute approximate surface area is 94.7 Å². The van der Waals surface area contributed by atoms with Gasteiger partial charge in [0.1, 0.15) is 5.25 Å². The number of rotatable bonds is 6. The van der Waals surface area contributed by atoms with Crippen LogP contribution in [0.4, 0.5) is 0 Å². The standard InChI is InChI=1S/C10H22N2O2S/c1-5-12(6-2)10(13)9(4)15(14)8(3)7-11/h8-9H,5-7,11H2,1-4H3. The van der Waals surface area contributed by atoms with Crippen molar-refractivity contribution < 1.29 is 9.00 Å². The first-order valence-electron chi connectivity index (χ1n) is 5.37. The number of hydrogen-bond donors (Lipinski definition) is 1. The highest BCUT2D eigenvalue weighted by molar-refractivity contribution is 7.87. The van der Waals surface area contributed by atoms with Crippen LogP contribution in [-0.2, 0) is 15.6 Å². The van der Waals surface area contributed by atoms with E-state index in [2.05, 4.69) is 0 Å². The van der Waals surface area contributed by atoms with Crippen LogP contribution in [0.3, 0.4) is 0 Å². The summed E-state index contributed by atoms with van der Waals surface area (Å²) in [7, 11) is -1.18. The van der Waals surface area contributed by atoms with Gasteiger partial charge in [0.15, 0.2) is 0 Å². The minimum Gasteiger partial charge on any atom is -0.342 e. The Kier molecular flexibility index (Phi) is 6.76. The Morgan fingerprint density at radius 2 is 1.80 bits per heavy atom. The van der Waals surface area contributed by atoms with E-state index in [-0.39, 0.29) is 11.2 Å². The number of nitrogens with two attached hydrogens (primary N) is 1. The van der Waals surface area contributed by atoms with Gasteiger partial charge in [0, 0.05) is 35.7 Å². The lowest BCUT2D eigenvalue weighted by atomic mass is 10.4. The maximum absolute atomic E-state index is 11.9. The third-order valence-electron chi connectivity index (χ3n) is 2.50. The summed E-state index contributed by atoms with van der Waals surface area (Å²) in [5.74, 6) is -0.0429. The highest BCUT2D eigenvalue weighted by Gasteiger charge is 2.26. The summed E-state index contributed by atoms with van der Waals surface area (Å²) >= 11 is 0. The van der Waals surface area contributed by atoms with E-state index in [1.165, 1.54) is 0 Å². The molecule has 0 saturated heterocycles. The molecule has 0 aromatic heterocycles. The van der Waals surface area contributed by atoms with Gasteiger partial charge in [-0.1, -0.05) is 0 Å². The lowest BCUT2D eigenvalue weighted by Crippen LogP contribution is -2.42. The molecule has 0 aliphatic heterocycles. The van der Waals surface area contributed by atoms with Crippen LogP contribution in [0, 0.1) is 0 Å². The summed E-state index contributed by atoms with van der Waals surface area (Å²) < 4.78 is 11.8. The van der Waals surface area contributed by atoms with Gasteiger partial charge >= 0.3 is 0 Å². The average Bonchev–Trinajstić information content (AvgIpc) is 2.27. The van der Waals surface area contributed by atoms with Crippen molar-refractivity contribution in [2.45, 2.75) is 38.2 Å². The zero-order chi connectivity index (χ0) is 12.0. The topological polar surface area (TPSA) is 63.4 Å². The largest absolute Gasteiger partial charge is 0.342 e. The molecule has 3 atom stereocenters. The molecule has 0 heterocycles. The maximum Gasteiger partial charge on any atom is 0.238 e. The van der Waals surface area contributed by atoms with Crippen molar-refractivity contribution in [3.05, 3.63) is 0 Å². The van der Waals surface area contributed by atoms with Gasteiger partial charge < -0.3 is 10.6 Å². The third-order valence-corrected chi connectivity index (χ3v) is 4.38. The first-order chi connectivity index (χ1) is 6.99. The first-order valence-corrected chi connectivity index (χ1v) is 6.65. The lowest BCUT2D eigenvalue weighted by Gasteiger charge is -2.23. The molecule has 5 heteroatoms. The molecule has 0 aliphatic carbocycles. The highest BCUT2D eigenvalue weighted by atomic mass is 32.2. The quantitative estimate of drug-likeness (QED) is 0.721. The number of hydrogen-bond acceptors (Lipinski definition) is 3. The highest BCUT2D eigenvalue weighted by Crippen LogP contribution is 2.07. The average molecular weight is 234 g/mol. The molecule has 0 saturated carbocycles. The van der Waals surface area contributed by atoms with Crippen LogP contribution in [0.2, 0.25) is 0 Å². The van der Waals surface area contributed by atoms with E-state index in [1.807, 2.05) is 20.8 Å². The third kappa shape index (κ3) is 3.91. The van der Waals surface area contributed by atoms with Crippen molar-refractivity contribution in [1.29, 1.82) is 0 Å². The Morgan fingerprint density at radius 1 is 1.33 bits per heavy atom. The monoisotopic (exact) mass is 234 g/mol. The molecule has 4 nitrogen and oxygen atoms in total. The predicted octanol–water partition coefficient (Wildman–Crippen LogP) is 0.339. The Balaban J connectivity index is 4.49. The Morgan fingerprint density at radius 3 is 2.13 bits per heavy atom. The number of nitrogens with zero attached hydrogens (tertiary/aromatic N) is 1. The van der Waals surface area contributed by atoms with Gasteiger partial charge in [-0.25, -0.2) is 0 Å². The molecular formula is C10H22N2O2S. The fourth-order valence-electron chi connectivity index (χ4n) is 1.34. The van der Waals surface area contributed by atoms with E-state index < -0.39 is 16.0 Å². The van der Waals surface area contributed by atoms with Crippen LogP contribution >= 0.6 is 0 Å². The first kappa shape index (κ1) is 14.6. The van der Waals surface area contributed by atoms with Crippen molar-refractivity contribution >= 4 is 16.7 Å². The van der Waals surface area contributed by atoms with Crippen molar-refractivity contribution in [3.8, 4) is 0 Å². The molecule has 2 N–H and O–H groups in total.